The first-order valence-electron chi connectivity index (χ1n) is 6.21. The van der Waals surface area contributed by atoms with Crippen molar-refractivity contribution in [2.24, 2.45) is 11.8 Å². The monoisotopic (exact) mass is 240 g/mol. The minimum atomic E-state index is -0.706. The number of barbiturate groups is 1. The Bertz CT molecular complexity index is 324. The Morgan fingerprint density at radius 2 is 1.76 bits per heavy atom. The molecule has 0 radical (unpaired) electrons. The SMILES string of the molecule is CCC(CC)CN1C(=O)NC(=O)C(CC)C1=O. The van der Waals surface area contributed by atoms with Gasteiger partial charge in [0.25, 0.3) is 0 Å². The Morgan fingerprint density at radius 1 is 1.18 bits per heavy atom. The predicted molar refractivity (Wildman–Crippen MR) is 63.1 cm³/mol. The summed E-state index contributed by atoms with van der Waals surface area (Å²) in [5.41, 5.74) is 0. The molecule has 1 atom stereocenters. The zero-order chi connectivity index (χ0) is 13.0. The van der Waals surface area contributed by atoms with Gasteiger partial charge >= 0.3 is 6.03 Å². The van der Waals surface area contributed by atoms with Gasteiger partial charge in [-0.25, -0.2) is 4.79 Å². The van der Waals surface area contributed by atoms with Crippen molar-refractivity contribution in [3.05, 3.63) is 0 Å². The summed E-state index contributed by atoms with van der Waals surface area (Å²) in [6.07, 6.45) is 2.26. The van der Waals surface area contributed by atoms with Gasteiger partial charge in [0.1, 0.15) is 5.92 Å². The molecule has 96 valence electrons. The molecule has 0 saturated carbocycles. The first kappa shape index (κ1) is 13.7. The van der Waals surface area contributed by atoms with E-state index in [0.29, 0.717) is 18.9 Å². The van der Waals surface area contributed by atoms with Crippen LogP contribution in [0.1, 0.15) is 40.0 Å². The number of amides is 4. The Morgan fingerprint density at radius 3 is 2.24 bits per heavy atom. The number of hydrogen-bond donors (Lipinski definition) is 1. The van der Waals surface area contributed by atoms with E-state index in [1.165, 1.54) is 4.90 Å². The molecule has 0 aromatic carbocycles. The second kappa shape index (κ2) is 5.80. The lowest BCUT2D eigenvalue weighted by atomic mass is 9.98. The highest BCUT2D eigenvalue weighted by atomic mass is 16.2. The van der Waals surface area contributed by atoms with Gasteiger partial charge < -0.3 is 0 Å². The van der Waals surface area contributed by atoms with Crippen LogP contribution in [0.15, 0.2) is 0 Å². The highest BCUT2D eigenvalue weighted by molar-refractivity contribution is 6.16. The van der Waals surface area contributed by atoms with E-state index in [9.17, 15) is 14.4 Å². The lowest BCUT2D eigenvalue weighted by Gasteiger charge is -2.31. The summed E-state index contributed by atoms with van der Waals surface area (Å²) < 4.78 is 0. The molecule has 1 aliphatic rings. The molecular formula is C12H20N2O3. The van der Waals surface area contributed by atoms with Crippen LogP contribution in [-0.2, 0) is 9.59 Å². The molecule has 4 amide bonds. The average molecular weight is 240 g/mol. The standard InChI is InChI=1S/C12H20N2O3/c1-4-8(5-2)7-14-11(16)9(6-3)10(15)13-12(14)17/h8-9H,4-7H2,1-3H3,(H,13,15,17). The minimum Gasteiger partial charge on any atom is -0.277 e. The first-order chi connectivity index (χ1) is 8.04. The Balaban J connectivity index is 2.79. The molecule has 0 aromatic rings. The van der Waals surface area contributed by atoms with Gasteiger partial charge in [-0.15, -0.1) is 0 Å². The predicted octanol–water partition coefficient (Wildman–Crippen LogP) is 1.53. The third kappa shape index (κ3) is 2.84. The summed E-state index contributed by atoms with van der Waals surface area (Å²) in [6.45, 7) is 6.24. The third-order valence-electron chi connectivity index (χ3n) is 3.36. The van der Waals surface area contributed by atoms with Crippen LogP contribution >= 0.6 is 0 Å². The van der Waals surface area contributed by atoms with Crippen molar-refractivity contribution >= 4 is 17.8 Å². The maximum Gasteiger partial charge on any atom is 0.330 e. The highest BCUT2D eigenvalue weighted by Gasteiger charge is 2.39. The van der Waals surface area contributed by atoms with E-state index in [1.54, 1.807) is 6.92 Å². The summed E-state index contributed by atoms with van der Waals surface area (Å²) in [7, 11) is 0. The number of carbonyl (C=O) groups is 3. The molecule has 0 bridgehead atoms. The quantitative estimate of drug-likeness (QED) is 0.741. The van der Waals surface area contributed by atoms with Gasteiger partial charge in [-0.05, 0) is 12.3 Å². The molecule has 1 fully saturated rings. The van der Waals surface area contributed by atoms with Gasteiger partial charge in [0, 0.05) is 6.54 Å². The smallest absolute Gasteiger partial charge is 0.277 e. The Labute approximate surface area is 102 Å². The summed E-state index contributed by atoms with van der Waals surface area (Å²) in [6, 6.07) is -0.573. The van der Waals surface area contributed by atoms with Crippen LogP contribution in [0.3, 0.4) is 0 Å². The van der Waals surface area contributed by atoms with Crippen LogP contribution in [0.25, 0.3) is 0 Å². The minimum absolute atomic E-state index is 0.301. The fourth-order valence-corrected chi connectivity index (χ4v) is 2.00. The van der Waals surface area contributed by atoms with Crippen molar-refractivity contribution in [1.29, 1.82) is 0 Å². The lowest BCUT2D eigenvalue weighted by molar-refractivity contribution is -0.143. The van der Waals surface area contributed by atoms with E-state index in [-0.39, 0.29) is 5.91 Å². The second-order valence-electron chi connectivity index (χ2n) is 4.39. The molecule has 1 saturated heterocycles. The molecule has 5 nitrogen and oxygen atoms in total. The molecule has 5 heteroatoms. The second-order valence-corrected chi connectivity index (χ2v) is 4.39. The van der Waals surface area contributed by atoms with E-state index >= 15 is 0 Å². The van der Waals surface area contributed by atoms with Crippen molar-refractivity contribution in [3.63, 3.8) is 0 Å². The van der Waals surface area contributed by atoms with Gasteiger partial charge in [0.05, 0.1) is 0 Å². The number of hydrogen-bond acceptors (Lipinski definition) is 3. The topological polar surface area (TPSA) is 66.5 Å². The summed E-state index contributed by atoms with van der Waals surface area (Å²) >= 11 is 0. The normalized spacial score (nSPS) is 21.1. The van der Waals surface area contributed by atoms with Crippen LogP contribution in [0.5, 0.6) is 0 Å². The number of urea groups is 1. The molecule has 1 aliphatic heterocycles. The van der Waals surface area contributed by atoms with Crippen molar-refractivity contribution < 1.29 is 14.4 Å². The van der Waals surface area contributed by atoms with Crippen molar-refractivity contribution in [1.82, 2.24) is 10.2 Å². The number of nitrogens with one attached hydrogen (secondary N) is 1. The molecule has 1 heterocycles. The molecule has 1 unspecified atom stereocenters. The molecule has 0 aliphatic carbocycles. The van der Waals surface area contributed by atoms with Gasteiger partial charge in [-0.2, -0.15) is 0 Å². The molecule has 0 spiro atoms. The van der Waals surface area contributed by atoms with E-state index < -0.39 is 17.9 Å². The van der Waals surface area contributed by atoms with Crippen LogP contribution in [0.2, 0.25) is 0 Å². The van der Waals surface area contributed by atoms with Crippen LogP contribution in [0, 0.1) is 11.8 Å². The highest BCUT2D eigenvalue weighted by Crippen LogP contribution is 2.17. The van der Waals surface area contributed by atoms with Crippen LogP contribution in [-0.4, -0.2) is 29.3 Å². The number of carbonyl (C=O) groups excluding carboxylic acids is 3. The van der Waals surface area contributed by atoms with Crippen molar-refractivity contribution in [2.75, 3.05) is 6.54 Å². The van der Waals surface area contributed by atoms with Gasteiger partial charge in [-0.1, -0.05) is 33.6 Å². The maximum absolute atomic E-state index is 12.0. The fraction of sp³-hybridized carbons (Fsp3) is 0.750. The van der Waals surface area contributed by atoms with E-state index in [4.69, 9.17) is 0 Å². The zero-order valence-corrected chi connectivity index (χ0v) is 10.7. The van der Waals surface area contributed by atoms with Crippen molar-refractivity contribution in [3.8, 4) is 0 Å². The molecular weight excluding hydrogens is 220 g/mol. The summed E-state index contributed by atoms with van der Waals surface area (Å²) in [5.74, 6) is -1.23. The van der Waals surface area contributed by atoms with E-state index in [1.807, 2.05) is 13.8 Å². The zero-order valence-electron chi connectivity index (χ0n) is 10.7. The van der Waals surface area contributed by atoms with Gasteiger partial charge in [0.15, 0.2) is 0 Å². The van der Waals surface area contributed by atoms with Crippen LogP contribution < -0.4 is 5.32 Å². The lowest BCUT2D eigenvalue weighted by Crippen LogP contribution is -2.58. The fourth-order valence-electron chi connectivity index (χ4n) is 2.00. The summed E-state index contributed by atoms with van der Waals surface area (Å²) in [5, 5.41) is 2.24. The van der Waals surface area contributed by atoms with E-state index in [2.05, 4.69) is 5.32 Å². The number of imide groups is 2. The van der Waals surface area contributed by atoms with Crippen LogP contribution in [0.4, 0.5) is 4.79 Å². The van der Waals surface area contributed by atoms with Gasteiger partial charge in [-0.3, -0.25) is 19.8 Å². The first-order valence-corrected chi connectivity index (χ1v) is 6.21. The third-order valence-corrected chi connectivity index (χ3v) is 3.36. The van der Waals surface area contributed by atoms with Gasteiger partial charge in [0.2, 0.25) is 11.8 Å². The Hall–Kier alpha value is -1.39. The number of nitrogens with zero attached hydrogens (tertiary/aromatic N) is 1. The Kier molecular flexibility index (Phi) is 4.66. The summed E-state index contributed by atoms with van der Waals surface area (Å²) in [4.78, 5) is 36.2. The average Bonchev–Trinajstić information content (AvgIpc) is 2.29. The van der Waals surface area contributed by atoms with Crippen molar-refractivity contribution in [2.45, 2.75) is 40.0 Å². The van der Waals surface area contributed by atoms with E-state index in [0.717, 1.165) is 12.8 Å². The number of rotatable bonds is 5. The maximum atomic E-state index is 12.0. The molecule has 0 aromatic heterocycles. The molecule has 17 heavy (non-hydrogen) atoms. The molecule has 1 N–H and O–H groups in total. The largest absolute Gasteiger partial charge is 0.330 e. The molecule has 1 rings (SSSR count).